The number of hydrogen-bond acceptors (Lipinski definition) is 5. The fourth-order valence-corrected chi connectivity index (χ4v) is 3.23. The predicted molar refractivity (Wildman–Crippen MR) is 110 cm³/mol. The first-order valence-corrected chi connectivity index (χ1v) is 9.34. The van der Waals surface area contributed by atoms with E-state index in [0.29, 0.717) is 22.6 Å². The zero-order valence-corrected chi connectivity index (χ0v) is 15.9. The van der Waals surface area contributed by atoms with Crippen LogP contribution >= 0.6 is 0 Å². The topological polar surface area (TPSA) is 87.5 Å². The van der Waals surface area contributed by atoms with Crippen LogP contribution in [0.1, 0.15) is 28.8 Å². The number of imide groups is 1. The molecule has 3 aromatic rings. The molecule has 3 aromatic carbocycles. The maximum atomic E-state index is 12.4. The van der Waals surface area contributed by atoms with Gasteiger partial charge in [-0.3, -0.25) is 14.5 Å². The lowest BCUT2D eigenvalue weighted by Crippen LogP contribution is -2.28. The smallest absolute Gasteiger partial charge is 0.343 e. The van der Waals surface area contributed by atoms with Crippen molar-refractivity contribution in [3.05, 3.63) is 83.9 Å². The van der Waals surface area contributed by atoms with Crippen molar-refractivity contribution >= 4 is 23.5 Å². The maximum absolute atomic E-state index is 12.4. The molecular formula is C24H16N2O4. The molecular weight excluding hydrogens is 380 g/mol. The lowest BCUT2D eigenvalue weighted by atomic mass is 10.0. The largest absolute Gasteiger partial charge is 0.423 e. The first-order chi connectivity index (χ1) is 14.5. The second-order valence-corrected chi connectivity index (χ2v) is 6.77. The standard InChI is InChI=1S/C24H16N2O4/c25-15-16-1-3-17(4-2-16)18-7-11-21(12-8-18)30-24(29)19-5-9-20(10-6-19)26-22(27)13-14-23(26)28/h1-12H,13-14H2. The average molecular weight is 396 g/mol. The SMILES string of the molecule is N#Cc1ccc(-c2ccc(OC(=O)c3ccc(N4C(=O)CCC4=O)cc3)cc2)cc1. The summed E-state index contributed by atoms with van der Waals surface area (Å²) in [7, 11) is 0. The van der Waals surface area contributed by atoms with Crippen LogP contribution in [-0.4, -0.2) is 17.8 Å². The molecule has 6 heteroatoms. The molecule has 0 aliphatic carbocycles. The molecule has 0 N–H and O–H groups in total. The van der Waals surface area contributed by atoms with Crippen molar-refractivity contribution < 1.29 is 19.1 Å². The van der Waals surface area contributed by atoms with Gasteiger partial charge in [0.25, 0.3) is 0 Å². The third-order valence-electron chi connectivity index (χ3n) is 4.82. The van der Waals surface area contributed by atoms with Gasteiger partial charge in [-0.25, -0.2) is 4.79 Å². The van der Waals surface area contributed by atoms with Crippen LogP contribution in [0.5, 0.6) is 5.75 Å². The van der Waals surface area contributed by atoms with Gasteiger partial charge < -0.3 is 4.74 Å². The van der Waals surface area contributed by atoms with E-state index < -0.39 is 5.97 Å². The Morgan fingerprint density at radius 1 is 0.800 bits per heavy atom. The molecule has 2 amide bonds. The molecule has 1 saturated heterocycles. The van der Waals surface area contributed by atoms with Crippen molar-refractivity contribution in [1.82, 2.24) is 0 Å². The highest BCUT2D eigenvalue weighted by atomic mass is 16.5. The van der Waals surface area contributed by atoms with Crippen LogP contribution in [0.25, 0.3) is 11.1 Å². The highest BCUT2D eigenvalue weighted by Crippen LogP contribution is 2.25. The summed E-state index contributed by atoms with van der Waals surface area (Å²) in [6, 6.07) is 22.5. The van der Waals surface area contributed by atoms with Crippen LogP contribution in [0, 0.1) is 11.3 Å². The number of rotatable bonds is 4. The Hall–Kier alpha value is -4.24. The number of carbonyl (C=O) groups is 3. The fraction of sp³-hybridized carbons (Fsp3) is 0.0833. The summed E-state index contributed by atoms with van der Waals surface area (Å²) < 4.78 is 5.41. The lowest BCUT2D eigenvalue weighted by Gasteiger charge is -2.14. The molecule has 6 nitrogen and oxygen atoms in total. The normalized spacial score (nSPS) is 13.2. The molecule has 0 saturated carbocycles. The second kappa shape index (κ2) is 8.02. The van der Waals surface area contributed by atoms with Crippen LogP contribution in [0.15, 0.2) is 72.8 Å². The number of esters is 1. The molecule has 1 aliphatic heterocycles. The van der Waals surface area contributed by atoms with Gasteiger partial charge in [0.2, 0.25) is 11.8 Å². The van der Waals surface area contributed by atoms with E-state index in [4.69, 9.17) is 10.00 Å². The maximum Gasteiger partial charge on any atom is 0.343 e. The molecule has 146 valence electrons. The Bertz CT molecular complexity index is 1140. The highest BCUT2D eigenvalue weighted by molar-refractivity contribution is 6.19. The van der Waals surface area contributed by atoms with E-state index in [1.54, 1.807) is 36.4 Å². The Morgan fingerprint density at radius 2 is 1.33 bits per heavy atom. The van der Waals surface area contributed by atoms with Gasteiger partial charge in [-0.2, -0.15) is 5.26 Å². The van der Waals surface area contributed by atoms with E-state index in [-0.39, 0.29) is 24.7 Å². The minimum atomic E-state index is -0.535. The van der Waals surface area contributed by atoms with Crippen LogP contribution in [-0.2, 0) is 9.59 Å². The van der Waals surface area contributed by atoms with Gasteiger partial charge in [0.05, 0.1) is 22.9 Å². The lowest BCUT2D eigenvalue weighted by molar-refractivity contribution is -0.121. The molecule has 4 rings (SSSR count). The van der Waals surface area contributed by atoms with Gasteiger partial charge in [0, 0.05) is 12.8 Å². The Labute approximate surface area is 172 Å². The van der Waals surface area contributed by atoms with Gasteiger partial charge in [-0.1, -0.05) is 24.3 Å². The number of carbonyl (C=O) groups excluding carboxylic acids is 3. The zero-order chi connectivity index (χ0) is 21.1. The second-order valence-electron chi connectivity index (χ2n) is 6.77. The fourth-order valence-electron chi connectivity index (χ4n) is 3.23. The summed E-state index contributed by atoms with van der Waals surface area (Å²) in [6.45, 7) is 0. The summed E-state index contributed by atoms with van der Waals surface area (Å²) in [5.41, 5.74) is 3.24. The van der Waals surface area contributed by atoms with Crippen molar-refractivity contribution in [2.45, 2.75) is 12.8 Å². The summed E-state index contributed by atoms with van der Waals surface area (Å²) in [5, 5.41) is 8.88. The third-order valence-corrected chi connectivity index (χ3v) is 4.82. The molecule has 1 aliphatic rings. The third kappa shape index (κ3) is 3.82. The van der Waals surface area contributed by atoms with Gasteiger partial charge >= 0.3 is 5.97 Å². The van der Waals surface area contributed by atoms with Crippen LogP contribution in [0.4, 0.5) is 5.69 Å². The van der Waals surface area contributed by atoms with Crippen molar-refractivity contribution in [2.75, 3.05) is 4.90 Å². The number of nitrogens with zero attached hydrogens (tertiary/aromatic N) is 2. The van der Waals surface area contributed by atoms with E-state index in [1.807, 2.05) is 24.3 Å². The summed E-state index contributed by atoms with van der Waals surface area (Å²) in [5.74, 6) is -0.617. The van der Waals surface area contributed by atoms with Gasteiger partial charge in [0.15, 0.2) is 0 Å². The first kappa shape index (κ1) is 19.1. The van der Waals surface area contributed by atoms with Gasteiger partial charge in [0.1, 0.15) is 5.75 Å². The minimum Gasteiger partial charge on any atom is -0.423 e. The molecule has 0 atom stereocenters. The molecule has 30 heavy (non-hydrogen) atoms. The Morgan fingerprint density at radius 3 is 1.87 bits per heavy atom. The number of anilines is 1. The monoisotopic (exact) mass is 396 g/mol. The van der Waals surface area contributed by atoms with E-state index >= 15 is 0 Å². The zero-order valence-electron chi connectivity index (χ0n) is 15.9. The Kier molecular flexibility index (Phi) is 5.10. The van der Waals surface area contributed by atoms with Crippen molar-refractivity contribution in [2.24, 2.45) is 0 Å². The van der Waals surface area contributed by atoms with Crippen LogP contribution in [0.3, 0.4) is 0 Å². The minimum absolute atomic E-state index is 0.209. The van der Waals surface area contributed by atoms with Crippen molar-refractivity contribution in [3.8, 4) is 22.9 Å². The van der Waals surface area contributed by atoms with E-state index in [2.05, 4.69) is 6.07 Å². The molecule has 1 fully saturated rings. The van der Waals surface area contributed by atoms with Crippen molar-refractivity contribution in [1.29, 1.82) is 5.26 Å². The van der Waals surface area contributed by atoms with Crippen molar-refractivity contribution in [3.63, 3.8) is 0 Å². The van der Waals surface area contributed by atoms with E-state index in [0.717, 1.165) is 16.0 Å². The summed E-state index contributed by atoms with van der Waals surface area (Å²) in [4.78, 5) is 37.1. The molecule has 0 bridgehead atoms. The van der Waals surface area contributed by atoms with E-state index in [9.17, 15) is 14.4 Å². The quantitative estimate of drug-likeness (QED) is 0.376. The number of benzene rings is 3. The first-order valence-electron chi connectivity index (χ1n) is 9.34. The molecule has 1 heterocycles. The summed E-state index contributed by atoms with van der Waals surface area (Å²) in [6.07, 6.45) is 0.419. The summed E-state index contributed by atoms with van der Waals surface area (Å²) >= 11 is 0. The predicted octanol–water partition coefficient (Wildman–Crippen LogP) is 4.10. The van der Waals surface area contributed by atoms with Crippen LogP contribution in [0.2, 0.25) is 0 Å². The number of nitriles is 1. The number of hydrogen-bond donors (Lipinski definition) is 0. The number of amides is 2. The molecule has 0 unspecified atom stereocenters. The Balaban J connectivity index is 1.44. The average Bonchev–Trinajstić information content (AvgIpc) is 3.12. The highest BCUT2D eigenvalue weighted by Gasteiger charge is 2.30. The van der Waals surface area contributed by atoms with Gasteiger partial charge in [-0.15, -0.1) is 0 Å². The van der Waals surface area contributed by atoms with Crippen LogP contribution < -0.4 is 9.64 Å². The number of ether oxygens (including phenoxy) is 1. The van der Waals surface area contributed by atoms with E-state index in [1.165, 1.54) is 12.1 Å². The molecule has 0 spiro atoms. The molecule has 0 aromatic heterocycles. The van der Waals surface area contributed by atoms with Gasteiger partial charge in [-0.05, 0) is 59.7 Å². The molecule has 0 radical (unpaired) electrons.